The van der Waals surface area contributed by atoms with Gasteiger partial charge in [0, 0.05) is 31.4 Å². The van der Waals surface area contributed by atoms with Crippen molar-refractivity contribution < 1.29 is 4.79 Å². The number of hydrogen-bond acceptors (Lipinski definition) is 6. The van der Waals surface area contributed by atoms with Gasteiger partial charge in [0.15, 0.2) is 0 Å². The van der Waals surface area contributed by atoms with Crippen LogP contribution >= 0.6 is 23.7 Å². The summed E-state index contributed by atoms with van der Waals surface area (Å²) in [7, 11) is 0. The van der Waals surface area contributed by atoms with Gasteiger partial charge >= 0.3 is 0 Å². The van der Waals surface area contributed by atoms with Gasteiger partial charge in [-0.3, -0.25) is 9.69 Å². The molecule has 25 heavy (non-hydrogen) atoms. The molecular formula is C17H24ClN5OS. The van der Waals surface area contributed by atoms with E-state index >= 15 is 0 Å². The van der Waals surface area contributed by atoms with Crippen molar-refractivity contribution in [2.45, 2.75) is 32.9 Å². The SMILES string of the molecule is CCc1ccc(NC(=O)c2nnc(CN3CCNC[C@H]3C)s2)cc1.Cl. The lowest BCUT2D eigenvalue weighted by atomic mass is 10.1. The number of hydrogen-bond donors (Lipinski definition) is 2. The van der Waals surface area contributed by atoms with Crippen molar-refractivity contribution in [3.8, 4) is 0 Å². The topological polar surface area (TPSA) is 70.2 Å². The fourth-order valence-corrected chi connectivity index (χ4v) is 3.47. The van der Waals surface area contributed by atoms with E-state index in [1.807, 2.05) is 24.3 Å². The predicted octanol–water partition coefficient (Wildman–Crippen LogP) is 2.57. The van der Waals surface area contributed by atoms with Crippen LogP contribution in [-0.4, -0.2) is 46.7 Å². The highest BCUT2D eigenvalue weighted by atomic mass is 35.5. The van der Waals surface area contributed by atoms with E-state index in [4.69, 9.17) is 0 Å². The fraction of sp³-hybridized carbons (Fsp3) is 0.471. The summed E-state index contributed by atoms with van der Waals surface area (Å²) in [6.07, 6.45) is 0.985. The number of anilines is 1. The minimum atomic E-state index is -0.198. The number of halogens is 1. The summed E-state index contributed by atoms with van der Waals surface area (Å²) in [6, 6.07) is 8.35. The zero-order chi connectivity index (χ0) is 16.9. The molecule has 3 rings (SSSR count). The first-order valence-electron chi connectivity index (χ1n) is 8.33. The number of aromatic nitrogens is 2. The van der Waals surface area contributed by atoms with Gasteiger partial charge in [0.05, 0.1) is 6.54 Å². The van der Waals surface area contributed by atoms with E-state index in [1.54, 1.807) is 0 Å². The maximum absolute atomic E-state index is 12.3. The number of benzene rings is 1. The van der Waals surface area contributed by atoms with Crippen molar-refractivity contribution in [2.24, 2.45) is 0 Å². The summed E-state index contributed by atoms with van der Waals surface area (Å²) < 4.78 is 0. The first-order chi connectivity index (χ1) is 11.7. The number of piperazine rings is 1. The van der Waals surface area contributed by atoms with Crippen LogP contribution in [0.5, 0.6) is 0 Å². The minimum absolute atomic E-state index is 0. The van der Waals surface area contributed by atoms with Gasteiger partial charge in [-0.1, -0.05) is 30.4 Å². The van der Waals surface area contributed by atoms with E-state index in [-0.39, 0.29) is 18.3 Å². The van der Waals surface area contributed by atoms with E-state index < -0.39 is 0 Å². The van der Waals surface area contributed by atoms with Gasteiger partial charge in [-0.25, -0.2) is 0 Å². The van der Waals surface area contributed by atoms with Crippen LogP contribution in [0.25, 0.3) is 0 Å². The molecule has 1 atom stereocenters. The second-order valence-corrected chi connectivity index (χ2v) is 7.09. The van der Waals surface area contributed by atoms with Crippen LogP contribution in [0.15, 0.2) is 24.3 Å². The molecule has 1 aromatic heterocycles. The normalized spacial score (nSPS) is 17.8. The van der Waals surface area contributed by atoms with Crippen LogP contribution in [-0.2, 0) is 13.0 Å². The quantitative estimate of drug-likeness (QED) is 0.832. The van der Waals surface area contributed by atoms with Gasteiger partial charge in [-0.05, 0) is 31.0 Å². The highest BCUT2D eigenvalue weighted by Gasteiger charge is 2.20. The Hall–Kier alpha value is -1.54. The monoisotopic (exact) mass is 381 g/mol. The van der Waals surface area contributed by atoms with E-state index in [0.717, 1.165) is 43.3 Å². The molecule has 1 amide bonds. The maximum atomic E-state index is 12.3. The van der Waals surface area contributed by atoms with Gasteiger partial charge in [0.25, 0.3) is 5.91 Å². The lowest BCUT2D eigenvalue weighted by Crippen LogP contribution is -2.49. The van der Waals surface area contributed by atoms with Crippen LogP contribution in [0.4, 0.5) is 5.69 Å². The van der Waals surface area contributed by atoms with Crippen molar-refractivity contribution in [2.75, 3.05) is 25.0 Å². The van der Waals surface area contributed by atoms with Gasteiger partial charge in [0.1, 0.15) is 5.01 Å². The summed E-state index contributed by atoms with van der Waals surface area (Å²) in [5, 5.41) is 15.8. The first kappa shape index (κ1) is 19.8. The predicted molar refractivity (Wildman–Crippen MR) is 104 cm³/mol. The van der Waals surface area contributed by atoms with Crippen LogP contribution in [0, 0.1) is 0 Å². The lowest BCUT2D eigenvalue weighted by molar-refractivity contribution is 0.102. The Labute approximate surface area is 158 Å². The third kappa shape index (κ3) is 5.22. The van der Waals surface area contributed by atoms with E-state index in [2.05, 4.69) is 39.6 Å². The molecule has 0 bridgehead atoms. The second-order valence-electron chi connectivity index (χ2n) is 6.03. The smallest absolute Gasteiger partial charge is 0.286 e. The Morgan fingerprint density at radius 2 is 2.12 bits per heavy atom. The first-order valence-corrected chi connectivity index (χ1v) is 9.15. The molecule has 0 aliphatic carbocycles. The molecule has 0 radical (unpaired) electrons. The Morgan fingerprint density at radius 1 is 1.36 bits per heavy atom. The van der Waals surface area contributed by atoms with Crippen LogP contribution in [0.2, 0.25) is 0 Å². The van der Waals surface area contributed by atoms with Gasteiger partial charge in [-0.15, -0.1) is 22.6 Å². The van der Waals surface area contributed by atoms with Gasteiger partial charge in [-0.2, -0.15) is 0 Å². The number of aryl methyl sites for hydroxylation is 1. The molecule has 1 aliphatic rings. The summed E-state index contributed by atoms with van der Waals surface area (Å²) in [5.74, 6) is -0.198. The Morgan fingerprint density at radius 3 is 2.80 bits per heavy atom. The molecule has 136 valence electrons. The van der Waals surface area contributed by atoms with Crippen molar-refractivity contribution >= 4 is 35.3 Å². The van der Waals surface area contributed by atoms with Crippen LogP contribution in [0.1, 0.15) is 34.2 Å². The number of nitrogens with zero attached hydrogens (tertiary/aromatic N) is 3. The summed E-state index contributed by atoms with van der Waals surface area (Å²) >= 11 is 1.37. The summed E-state index contributed by atoms with van der Waals surface area (Å²) in [4.78, 5) is 14.7. The second kappa shape index (κ2) is 9.24. The molecule has 8 heteroatoms. The highest BCUT2D eigenvalue weighted by molar-refractivity contribution is 7.13. The molecular weight excluding hydrogens is 358 g/mol. The molecule has 1 saturated heterocycles. The molecule has 0 spiro atoms. The van der Waals surface area contributed by atoms with Crippen LogP contribution < -0.4 is 10.6 Å². The average molecular weight is 382 g/mol. The largest absolute Gasteiger partial charge is 0.320 e. The molecule has 6 nitrogen and oxygen atoms in total. The maximum Gasteiger partial charge on any atom is 0.286 e. The van der Waals surface area contributed by atoms with Crippen LogP contribution in [0.3, 0.4) is 0 Å². The Balaban J connectivity index is 0.00000225. The molecule has 1 aromatic carbocycles. The number of carbonyl (C=O) groups is 1. The zero-order valence-corrected chi connectivity index (χ0v) is 16.1. The molecule has 0 saturated carbocycles. The van der Waals surface area contributed by atoms with Gasteiger partial charge < -0.3 is 10.6 Å². The molecule has 2 aromatic rings. The summed E-state index contributed by atoms with van der Waals surface area (Å²) in [5.41, 5.74) is 2.03. The van der Waals surface area contributed by atoms with E-state index in [0.29, 0.717) is 11.0 Å². The minimum Gasteiger partial charge on any atom is -0.320 e. The van der Waals surface area contributed by atoms with Crippen molar-refractivity contribution in [1.82, 2.24) is 20.4 Å². The van der Waals surface area contributed by atoms with Crippen molar-refractivity contribution in [1.29, 1.82) is 0 Å². The number of carbonyl (C=O) groups excluding carboxylic acids is 1. The van der Waals surface area contributed by atoms with Crippen molar-refractivity contribution in [3.05, 3.63) is 39.8 Å². The third-order valence-electron chi connectivity index (χ3n) is 4.26. The highest BCUT2D eigenvalue weighted by Crippen LogP contribution is 2.17. The molecule has 2 heterocycles. The van der Waals surface area contributed by atoms with Gasteiger partial charge in [0.2, 0.25) is 5.01 Å². The number of nitrogens with one attached hydrogen (secondary N) is 2. The molecule has 2 N–H and O–H groups in total. The standard InChI is InChI=1S/C17H23N5OS.ClH/c1-3-13-4-6-14(7-5-13)19-16(23)17-21-20-15(24-17)11-22-9-8-18-10-12(22)2;/h4-7,12,18H,3,8-11H2,1-2H3,(H,19,23);1H/t12-;/m1./s1. The number of rotatable bonds is 5. The molecule has 1 fully saturated rings. The Kier molecular flexibility index (Phi) is 7.31. The zero-order valence-electron chi connectivity index (χ0n) is 14.5. The number of amides is 1. The fourth-order valence-electron chi connectivity index (χ4n) is 2.71. The van der Waals surface area contributed by atoms with E-state index in [9.17, 15) is 4.79 Å². The third-order valence-corrected chi connectivity index (χ3v) is 5.17. The Bertz CT molecular complexity index is 691. The lowest BCUT2D eigenvalue weighted by Gasteiger charge is -2.32. The molecule has 1 aliphatic heterocycles. The molecule has 0 unspecified atom stereocenters. The van der Waals surface area contributed by atoms with E-state index in [1.165, 1.54) is 16.9 Å². The average Bonchev–Trinajstić information content (AvgIpc) is 3.06. The summed E-state index contributed by atoms with van der Waals surface area (Å²) in [6.45, 7) is 8.02. The van der Waals surface area contributed by atoms with Crippen molar-refractivity contribution in [3.63, 3.8) is 0 Å².